The van der Waals surface area contributed by atoms with E-state index in [1.165, 1.54) is 5.56 Å². The van der Waals surface area contributed by atoms with E-state index in [2.05, 4.69) is 11.4 Å². The van der Waals surface area contributed by atoms with E-state index in [9.17, 15) is 4.79 Å². The number of methoxy groups -OCH3 is 1. The first-order chi connectivity index (χ1) is 8.11. The van der Waals surface area contributed by atoms with Crippen LogP contribution in [0.25, 0.3) is 0 Å². The van der Waals surface area contributed by atoms with Crippen molar-refractivity contribution in [2.24, 2.45) is 5.92 Å². The molecule has 0 radical (unpaired) electrons. The van der Waals surface area contributed by atoms with Crippen LogP contribution >= 0.6 is 0 Å². The number of amides is 1. The lowest BCUT2D eigenvalue weighted by atomic mass is 10.0. The number of rotatable bonds is 4. The summed E-state index contributed by atoms with van der Waals surface area (Å²) in [6.45, 7) is 4.04. The lowest BCUT2D eigenvalue weighted by Gasteiger charge is -2.17. The van der Waals surface area contributed by atoms with E-state index in [4.69, 9.17) is 4.74 Å². The second-order valence-electron chi connectivity index (χ2n) is 4.75. The van der Waals surface area contributed by atoms with Gasteiger partial charge in [0, 0.05) is 11.5 Å². The average Bonchev–Trinajstić information content (AvgIpc) is 3.12. The summed E-state index contributed by atoms with van der Waals surface area (Å²) >= 11 is 0. The van der Waals surface area contributed by atoms with Gasteiger partial charge in [-0.25, -0.2) is 0 Å². The second kappa shape index (κ2) is 4.78. The number of benzene rings is 1. The van der Waals surface area contributed by atoms with E-state index in [0.29, 0.717) is 0 Å². The fourth-order valence-corrected chi connectivity index (χ4v) is 1.95. The van der Waals surface area contributed by atoms with Crippen LogP contribution in [0.3, 0.4) is 0 Å². The molecule has 0 aliphatic heterocycles. The molecule has 0 saturated heterocycles. The molecule has 3 heteroatoms. The molecule has 1 atom stereocenters. The van der Waals surface area contributed by atoms with Crippen molar-refractivity contribution in [3.05, 3.63) is 29.3 Å². The van der Waals surface area contributed by atoms with Gasteiger partial charge < -0.3 is 10.1 Å². The summed E-state index contributed by atoms with van der Waals surface area (Å²) in [6, 6.07) is 6.02. The van der Waals surface area contributed by atoms with E-state index < -0.39 is 0 Å². The van der Waals surface area contributed by atoms with Gasteiger partial charge in [0.1, 0.15) is 5.75 Å². The summed E-state index contributed by atoms with van der Waals surface area (Å²) in [4.78, 5) is 11.7. The molecule has 1 aliphatic carbocycles. The molecule has 2 rings (SSSR count). The maximum absolute atomic E-state index is 11.7. The highest BCUT2D eigenvalue weighted by Gasteiger charge is 2.30. The highest BCUT2D eigenvalue weighted by Crippen LogP contribution is 2.31. The lowest BCUT2D eigenvalue weighted by molar-refractivity contribution is -0.122. The minimum atomic E-state index is -0.00190. The Morgan fingerprint density at radius 3 is 2.76 bits per heavy atom. The molecule has 0 spiro atoms. The van der Waals surface area contributed by atoms with Crippen LogP contribution in [0.4, 0.5) is 0 Å². The van der Waals surface area contributed by atoms with Crippen molar-refractivity contribution in [2.75, 3.05) is 7.11 Å². The summed E-state index contributed by atoms with van der Waals surface area (Å²) < 4.78 is 5.33. The molecule has 1 aromatic carbocycles. The predicted molar refractivity (Wildman–Crippen MR) is 67.0 cm³/mol. The molecule has 1 amide bonds. The number of carbonyl (C=O) groups excluding carboxylic acids is 1. The summed E-state index contributed by atoms with van der Waals surface area (Å²) in [5, 5.41) is 3.04. The topological polar surface area (TPSA) is 38.3 Å². The summed E-state index contributed by atoms with van der Waals surface area (Å²) in [5.74, 6) is 1.24. The van der Waals surface area contributed by atoms with Gasteiger partial charge in [-0.1, -0.05) is 17.7 Å². The number of hydrogen-bond donors (Lipinski definition) is 1. The van der Waals surface area contributed by atoms with E-state index >= 15 is 0 Å². The summed E-state index contributed by atoms with van der Waals surface area (Å²) in [6.07, 6.45) is 2.06. The summed E-state index contributed by atoms with van der Waals surface area (Å²) in [5.41, 5.74) is 2.22. The smallest absolute Gasteiger partial charge is 0.223 e. The van der Waals surface area contributed by atoms with Crippen LogP contribution < -0.4 is 10.1 Å². The van der Waals surface area contributed by atoms with Gasteiger partial charge in [0.05, 0.1) is 13.2 Å². The number of nitrogens with one attached hydrogen (secondary N) is 1. The fraction of sp³-hybridized carbons (Fsp3) is 0.500. The van der Waals surface area contributed by atoms with E-state index in [-0.39, 0.29) is 17.9 Å². The maximum Gasteiger partial charge on any atom is 0.223 e. The normalized spacial score (nSPS) is 16.4. The number of carbonyl (C=O) groups is 1. The van der Waals surface area contributed by atoms with Crippen LogP contribution in [0.1, 0.15) is 36.9 Å². The molecule has 17 heavy (non-hydrogen) atoms. The van der Waals surface area contributed by atoms with Crippen LogP contribution in [0.5, 0.6) is 5.75 Å². The Balaban J connectivity index is 2.13. The van der Waals surface area contributed by atoms with Crippen LogP contribution in [0.2, 0.25) is 0 Å². The molecule has 0 aromatic heterocycles. The highest BCUT2D eigenvalue weighted by atomic mass is 16.5. The van der Waals surface area contributed by atoms with Gasteiger partial charge in [0.15, 0.2) is 0 Å². The molecule has 92 valence electrons. The molecule has 0 heterocycles. The van der Waals surface area contributed by atoms with Crippen LogP contribution in [0, 0.1) is 12.8 Å². The molecule has 1 saturated carbocycles. The largest absolute Gasteiger partial charge is 0.496 e. The van der Waals surface area contributed by atoms with E-state index in [1.807, 2.05) is 26.0 Å². The molecule has 1 aromatic rings. The zero-order chi connectivity index (χ0) is 12.4. The highest BCUT2D eigenvalue weighted by molar-refractivity contribution is 5.81. The Labute approximate surface area is 102 Å². The van der Waals surface area contributed by atoms with Crippen LogP contribution in [-0.4, -0.2) is 13.0 Å². The quantitative estimate of drug-likeness (QED) is 0.868. The zero-order valence-electron chi connectivity index (χ0n) is 10.6. The van der Waals surface area contributed by atoms with Crippen molar-refractivity contribution in [2.45, 2.75) is 32.7 Å². The Hall–Kier alpha value is -1.51. The van der Waals surface area contributed by atoms with Crippen molar-refractivity contribution in [1.29, 1.82) is 0 Å². The van der Waals surface area contributed by atoms with Crippen molar-refractivity contribution < 1.29 is 9.53 Å². The zero-order valence-corrected chi connectivity index (χ0v) is 10.6. The van der Waals surface area contributed by atoms with E-state index in [0.717, 1.165) is 24.2 Å². The van der Waals surface area contributed by atoms with Gasteiger partial charge in [-0.2, -0.15) is 0 Å². The fourth-order valence-electron chi connectivity index (χ4n) is 1.95. The van der Waals surface area contributed by atoms with Gasteiger partial charge in [-0.05, 0) is 32.8 Å². The van der Waals surface area contributed by atoms with Gasteiger partial charge >= 0.3 is 0 Å². The van der Waals surface area contributed by atoms with Crippen molar-refractivity contribution in [3.63, 3.8) is 0 Å². The number of aryl methyl sites for hydroxylation is 1. The molecular formula is C14H19NO2. The van der Waals surface area contributed by atoms with Crippen molar-refractivity contribution >= 4 is 5.91 Å². The standard InChI is InChI=1S/C14H19NO2/c1-9-4-7-13(17-3)12(8-9)10(2)15-14(16)11-5-6-11/h4,7-8,10-11H,5-6H2,1-3H3,(H,15,16). The number of hydrogen-bond acceptors (Lipinski definition) is 2. The Bertz CT molecular complexity index is 424. The third-order valence-corrected chi connectivity index (χ3v) is 3.16. The van der Waals surface area contributed by atoms with Crippen molar-refractivity contribution in [3.8, 4) is 5.75 Å². The molecule has 3 nitrogen and oxygen atoms in total. The SMILES string of the molecule is COc1ccc(C)cc1C(C)NC(=O)C1CC1. The second-order valence-corrected chi connectivity index (χ2v) is 4.75. The molecule has 1 unspecified atom stereocenters. The average molecular weight is 233 g/mol. The minimum Gasteiger partial charge on any atom is -0.496 e. The number of ether oxygens (including phenoxy) is 1. The molecule has 0 bridgehead atoms. The molecular weight excluding hydrogens is 214 g/mol. The van der Waals surface area contributed by atoms with Crippen LogP contribution in [-0.2, 0) is 4.79 Å². The predicted octanol–water partition coefficient (Wildman–Crippen LogP) is 2.59. The first-order valence-corrected chi connectivity index (χ1v) is 6.06. The maximum atomic E-state index is 11.7. The third kappa shape index (κ3) is 2.78. The monoisotopic (exact) mass is 233 g/mol. The van der Waals surface area contributed by atoms with Gasteiger partial charge in [0.2, 0.25) is 5.91 Å². The lowest BCUT2D eigenvalue weighted by Crippen LogP contribution is -2.28. The first-order valence-electron chi connectivity index (χ1n) is 6.06. The van der Waals surface area contributed by atoms with Gasteiger partial charge in [-0.3, -0.25) is 4.79 Å². The molecule has 1 aliphatic rings. The van der Waals surface area contributed by atoms with E-state index in [1.54, 1.807) is 7.11 Å². The Morgan fingerprint density at radius 1 is 1.47 bits per heavy atom. The first kappa shape index (κ1) is 12.0. The Kier molecular flexibility index (Phi) is 3.36. The van der Waals surface area contributed by atoms with Gasteiger partial charge in [0.25, 0.3) is 0 Å². The third-order valence-electron chi connectivity index (χ3n) is 3.16. The summed E-state index contributed by atoms with van der Waals surface area (Å²) in [7, 11) is 1.66. The van der Waals surface area contributed by atoms with Crippen LogP contribution in [0.15, 0.2) is 18.2 Å². The Morgan fingerprint density at radius 2 is 2.18 bits per heavy atom. The van der Waals surface area contributed by atoms with Gasteiger partial charge in [-0.15, -0.1) is 0 Å². The van der Waals surface area contributed by atoms with Crippen molar-refractivity contribution in [1.82, 2.24) is 5.32 Å². The molecule has 1 N–H and O–H groups in total. The molecule has 1 fully saturated rings. The minimum absolute atomic E-state index is 0.00190.